The molecule has 0 saturated carbocycles. The van der Waals surface area contributed by atoms with Crippen molar-refractivity contribution in [2.75, 3.05) is 6.61 Å². The molecule has 0 radical (unpaired) electrons. The molecule has 2 aromatic heterocycles. The van der Waals surface area contributed by atoms with Crippen molar-refractivity contribution in [3.8, 4) is 28.1 Å². The lowest BCUT2D eigenvalue weighted by atomic mass is 9.97. The van der Waals surface area contributed by atoms with Gasteiger partial charge in [-0.25, -0.2) is 15.4 Å². The molecule has 0 atom stereocenters. The second-order valence-corrected chi connectivity index (χ2v) is 9.97. The fourth-order valence-electron chi connectivity index (χ4n) is 4.62. The fourth-order valence-corrected chi connectivity index (χ4v) is 4.81. The number of pyridine rings is 2. The zero-order valence-corrected chi connectivity index (χ0v) is 23.0. The number of nitrogens with zero attached hydrogens (tertiary/aromatic N) is 3. The number of hydrogen-bond acceptors (Lipinski definition) is 5. The van der Waals surface area contributed by atoms with Crippen molar-refractivity contribution in [1.29, 1.82) is 0 Å². The number of ether oxygens (including phenoxy) is 1. The molecule has 6 aromatic rings. The fraction of sp³-hybridized carbons (Fsp3) is 0.0588. The van der Waals surface area contributed by atoms with Crippen LogP contribution in [0, 0.1) is 6.92 Å². The van der Waals surface area contributed by atoms with Gasteiger partial charge in [0.05, 0.1) is 22.9 Å². The van der Waals surface area contributed by atoms with E-state index in [1.54, 1.807) is 0 Å². The van der Waals surface area contributed by atoms with Crippen molar-refractivity contribution >= 4 is 45.5 Å². The highest BCUT2D eigenvalue weighted by molar-refractivity contribution is 6.32. The summed E-state index contributed by atoms with van der Waals surface area (Å²) >= 11 is 6.25. The van der Waals surface area contributed by atoms with E-state index in [-0.39, 0.29) is 6.61 Å². The molecule has 1 N–H and O–H groups in total. The minimum Gasteiger partial charge on any atom is -0.484 e. The molecule has 0 bridgehead atoms. The van der Waals surface area contributed by atoms with E-state index in [0.717, 1.165) is 44.2 Å². The zero-order valence-electron chi connectivity index (χ0n) is 22.2. The standard InChI is InChI=1S/C34H25ClN4O2/c1-22-11-16-31-29(17-22)28(23-7-3-2-4-8-23)19-32(37-31)24-12-14-27(15-13-24)41-21-33(40)39-36-20-26-18-25-9-5-6-10-30(25)38-34(26)35/h2-20H,21H2,1H3,(H,39,40)/b36-20-. The molecule has 0 saturated heterocycles. The third-order valence-electron chi connectivity index (χ3n) is 6.67. The van der Waals surface area contributed by atoms with Gasteiger partial charge in [0.25, 0.3) is 5.91 Å². The Morgan fingerprint density at radius 2 is 1.63 bits per heavy atom. The number of aromatic nitrogens is 2. The monoisotopic (exact) mass is 556 g/mol. The molecule has 0 aliphatic heterocycles. The average molecular weight is 557 g/mol. The van der Waals surface area contributed by atoms with E-state index in [2.05, 4.69) is 58.8 Å². The third kappa shape index (κ3) is 5.93. The lowest BCUT2D eigenvalue weighted by Gasteiger charge is -2.12. The summed E-state index contributed by atoms with van der Waals surface area (Å²) < 4.78 is 5.67. The van der Waals surface area contributed by atoms with Crippen molar-refractivity contribution in [3.63, 3.8) is 0 Å². The number of hydrogen-bond donors (Lipinski definition) is 1. The molecule has 6 rings (SSSR count). The van der Waals surface area contributed by atoms with Crippen LogP contribution in [0.1, 0.15) is 11.1 Å². The summed E-state index contributed by atoms with van der Waals surface area (Å²) in [6.45, 7) is 1.90. The number of hydrazone groups is 1. The molecule has 41 heavy (non-hydrogen) atoms. The van der Waals surface area contributed by atoms with Crippen LogP contribution >= 0.6 is 11.6 Å². The minimum absolute atomic E-state index is 0.188. The molecule has 200 valence electrons. The van der Waals surface area contributed by atoms with Crippen molar-refractivity contribution < 1.29 is 9.53 Å². The van der Waals surface area contributed by atoms with Crippen LogP contribution in [0.15, 0.2) is 114 Å². The first-order valence-electron chi connectivity index (χ1n) is 13.1. The lowest BCUT2D eigenvalue weighted by molar-refractivity contribution is -0.123. The normalized spacial score (nSPS) is 11.3. The van der Waals surface area contributed by atoms with Gasteiger partial charge in [0.1, 0.15) is 10.9 Å². The summed E-state index contributed by atoms with van der Waals surface area (Å²) in [5, 5.41) is 6.36. The Morgan fingerprint density at radius 3 is 2.46 bits per heavy atom. The number of carbonyl (C=O) groups excluding carboxylic acids is 1. The van der Waals surface area contributed by atoms with Gasteiger partial charge in [-0.15, -0.1) is 0 Å². The molecule has 0 unspecified atom stereocenters. The summed E-state index contributed by atoms with van der Waals surface area (Å²) in [7, 11) is 0. The Kier molecular flexibility index (Phi) is 7.39. The zero-order chi connectivity index (χ0) is 28.2. The number of nitrogens with one attached hydrogen (secondary N) is 1. The van der Waals surface area contributed by atoms with E-state index in [9.17, 15) is 4.79 Å². The van der Waals surface area contributed by atoms with Crippen molar-refractivity contribution in [1.82, 2.24) is 15.4 Å². The predicted molar refractivity (Wildman–Crippen MR) is 165 cm³/mol. The number of carbonyl (C=O) groups is 1. The topological polar surface area (TPSA) is 76.5 Å². The summed E-state index contributed by atoms with van der Waals surface area (Å²) in [6.07, 6.45) is 1.47. The van der Waals surface area contributed by atoms with Gasteiger partial charge < -0.3 is 4.74 Å². The highest BCUT2D eigenvalue weighted by atomic mass is 35.5. The highest BCUT2D eigenvalue weighted by Crippen LogP contribution is 2.33. The smallest absolute Gasteiger partial charge is 0.277 e. The van der Waals surface area contributed by atoms with E-state index in [0.29, 0.717) is 16.5 Å². The van der Waals surface area contributed by atoms with E-state index in [1.165, 1.54) is 11.8 Å². The van der Waals surface area contributed by atoms with Gasteiger partial charge in [-0.1, -0.05) is 71.8 Å². The van der Waals surface area contributed by atoms with Gasteiger partial charge >= 0.3 is 0 Å². The molecule has 0 fully saturated rings. The molecule has 0 aliphatic carbocycles. The molecule has 0 spiro atoms. The third-order valence-corrected chi connectivity index (χ3v) is 6.97. The molecule has 4 aromatic carbocycles. The Labute approximate surface area is 242 Å². The average Bonchev–Trinajstić information content (AvgIpc) is 3.00. The van der Waals surface area contributed by atoms with Gasteiger partial charge in [-0.3, -0.25) is 4.79 Å². The van der Waals surface area contributed by atoms with E-state index in [4.69, 9.17) is 21.3 Å². The molecule has 2 heterocycles. The van der Waals surface area contributed by atoms with Gasteiger partial charge in [-0.2, -0.15) is 5.10 Å². The second kappa shape index (κ2) is 11.6. The predicted octanol–water partition coefficient (Wildman–Crippen LogP) is 7.61. The Hall–Kier alpha value is -5.07. The molecule has 1 amide bonds. The molecule has 6 nitrogen and oxygen atoms in total. The number of halogens is 1. The van der Waals surface area contributed by atoms with Gasteiger partial charge in [-0.05, 0) is 72.6 Å². The van der Waals surface area contributed by atoms with Crippen LogP contribution in [0.3, 0.4) is 0 Å². The van der Waals surface area contributed by atoms with E-state index in [1.807, 2.05) is 72.8 Å². The quantitative estimate of drug-likeness (QED) is 0.125. The Morgan fingerprint density at radius 1 is 0.854 bits per heavy atom. The number of amides is 1. The van der Waals surface area contributed by atoms with Crippen LogP contribution in [0.5, 0.6) is 5.75 Å². The first-order valence-corrected chi connectivity index (χ1v) is 13.5. The van der Waals surface area contributed by atoms with Crippen LogP contribution < -0.4 is 10.2 Å². The molecule has 7 heteroatoms. The van der Waals surface area contributed by atoms with Crippen LogP contribution in [-0.4, -0.2) is 28.7 Å². The minimum atomic E-state index is -0.394. The maximum atomic E-state index is 12.3. The molecular weight excluding hydrogens is 532 g/mol. The van der Waals surface area contributed by atoms with Crippen LogP contribution in [0.4, 0.5) is 0 Å². The van der Waals surface area contributed by atoms with Crippen molar-refractivity contribution in [2.45, 2.75) is 6.92 Å². The largest absolute Gasteiger partial charge is 0.484 e. The van der Waals surface area contributed by atoms with Gasteiger partial charge in [0.15, 0.2) is 6.61 Å². The molecular formula is C34H25ClN4O2. The number of benzene rings is 4. The van der Waals surface area contributed by atoms with Crippen LogP contribution in [0.2, 0.25) is 5.15 Å². The van der Waals surface area contributed by atoms with Gasteiger partial charge in [0, 0.05) is 21.9 Å². The molecule has 0 aliphatic rings. The van der Waals surface area contributed by atoms with Crippen LogP contribution in [-0.2, 0) is 4.79 Å². The number of fused-ring (bicyclic) bond motifs is 2. The second-order valence-electron chi connectivity index (χ2n) is 9.61. The SMILES string of the molecule is Cc1ccc2nc(-c3ccc(OCC(=O)N/N=C\c4cc5ccccc5nc4Cl)cc3)cc(-c3ccccc3)c2c1. The lowest BCUT2D eigenvalue weighted by Crippen LogP contribution is -2.24. The maximum Gasteiger partial charge on any atom is 0.277 e. The van der Waals surface area contributed by atoms with Gasteiger partial charge in [0.2, 0.25) is 0 Å². The number of para-hydroxylation sites is 1. The summed E-state index contributed by atoms with van der Waals surface area (Å²) in [5.41, 5.74) is 10.1. The summed E-state index contributed by atoms with van der Waals surface area (Å²) in [5.74, 6) is 0.170. The van der Waals surface area contributed by atoms with E-state index < -0.39 is 5.91 Å². The first kappa shape index (κ1) is 26.2. The van der Waals surface area contributed by atoms with Crippen molar-refractivity contribution in [3.05, 3.63) is 125 Å². The maximum absolute atomic E-state index is 12.3. The Balaban J connectivity index is 1.13. The number of aryl methyl sites for hydroxylation is 1. The first-order chi connectivity index (χ1) is 20.0. The van der Waals surface area contributed by atoms with Crippen molar-refractivity contribution in [2.24, 2.45) is 5.10 Å². The highest BCUT2D eigenvalue weighted by Gasteiger charge is 2.11. The van der Waals surface area contributed by atoms with Crippen LogP contribution in [0.25, 0.3) is 44.2 Å². The Bertz CT molecular complexity index is 1900. The summed E-state index contributed by atoms with van der Waals surface area (Å²) in [4.78, 5) is 21.6. The van der Waals surface area contributed by atoms with E-state index >= 15 is 0 Å². The number of rotatable bonds is 7. The summed E-state index contributed by atoms with van der Waals surface area (Å²) in [6, 6.07) is 35.8.